The van der Waals surface area contributed by atoms with Crippen LogP contribution in [0.25, 0.3) is 0 Å². The van der Waals surface area contributed by atoms with E-state index >= 15 is 0 Å². The summed E-state index contributed by atoms with van der Waals surface area (Å²) in [5.41, 5.74) is 1.44. The lowest BCUT2D eigenvalue weighted by Gasteiger charge is -2.21. The zero-order valence-electron chi connectivity index (χ0n) is 11.7. The summed E-state index contributed by atoms with van der Waals surface area (Å²) >= 11 is 0. The van der Waals surface area contributed by atoms with Gasteiger partial charge < -0.3 is 4.74 Å². The van der Waals surface area contributed by atoms with E-state index in [9.17, 15) is 0 Å². The van der Waals surface area contributed by atoms with Crippen LogP contribution in [0, 0.1) is 0 Å². The van der Waals surface area contributed by atoms with Crippen molar-refractivity contribution < 1.29 is 4.74 Å². The summed E-state index contributed by atoms with van der Waals surface area (Å²) in [6.45, 7) is 0.952. The molecule has 0 spiro atoms. The average Bonchev–Trinajstić information content (AvgIpc) is 3.02. The lowest BCUT2D eigenvalue weighted by atomic mass is 10.2. The molecule has 0 radical (unpaired) electrons. The molecule has 1 nitrogen and oxygen atoms in total. The topological polar surface area (TPSA) is 9.23 Å². The van der Waals surface area contributed by atoms with Crippen LogP contribution in [0.4, 0.5) is 0 Å². The monoisotopic (exact) mass is 284 g/mol. The van der Waals surface area contributed by atoms with Gasteiger partial charge in [0, 0.05) is 6.61 Å². The maximum absolute atomic E-state index is 5.86. The van der Waals surface area contributed by atoms with E-state index in [1.54, 1.807) is 0 Å². The Morgan fingerprint density at radius 1 is 0.950 bits per heavy atom. The first-order chi connectivity index (χ1) is 9.92. The van der Waals surface area contributed by atoms with Gasteiger partial charge in [0.15, 0.2) is 0 Å². The molecule has 20 heavy (non-hydrogen) atoms. The minimum absolute atomic E-state index is 0.168. The van der Waals surface area contributed by atoms with Crippen molar-refractivity contribution in [3.8, 4) is 0 Å². The van der Waals surface area contributed by atoms with Crippen molar-refractivity contribution in [3.63, 3.8) is 0 Å². The Morgan fingerprint density at radius 3 is 2.30 bits per heavy atom. The fourth-order valence-electron chi connectivity index (χ4n) is 2.74. The summed E-state index contributed by atoms with van der Waals surface area (Å²) in [5, 5.41) is 1.50. The van der Waals surface area contributed by atoms with Gasteiger partial charge in [-0.2, -0.15) is 0 Å². The highest BCUT2D eigenvalue weighted by Gasteiger charge is 2.21. The van der Waals surface area contributed by atoms with Crippen LogP contribution in [0.1, 0.15) is 18.4 Å². The van der Waals surface area contributed by atoms with E-state index < -0.39 is 0 Å². The predicted molar refractivity (Wildman–Crippen MR) is 87.0 cm³/mol. The summed E-state index contributed by atoms with van der Waals surface area (Å²) in [6, 6.07) is 21.8. The third-order valence-corrected chi connectivity index (χ3v) is 6.41. The third-order valence-electron chi connectivity index (χ3n) is 3.79. The Balaban J connectivity index is 1.76. The molecule has 2 unspecified atom stereocenters. The first kappa shape index (κ1) is 13.8. The molecule has 1 aliphatic heterocycles. The van der Waals surface area contributed by atoms with Crippen LogP contribution in [0.5, 0.6) is 0 Å². The molecule has 1 aliphatic rings. The van der Waals surface area contributed by atoms with Gasteiger partial charge in [-0.15, -0.1) is 0 Å². The molecule has 2 atom stereocenters. The number of benzene rings is 2. The van der Waals surface area contributed by atoms with Gasteiger partial charge in [-0.25, -0.2) is 0 Å². The van der Waals surface area contributed by atoms with Crippen molar-refractivity contribution in [2.75, 3.05) is 12.8 Å². The van der Waals surface area contributed by atoms with E-state index in [-0.39, 0.29) is 7.92 Å². The summed E-state index contributed by atoms with van der Waals surface area (Å²) < 4.78 is 5.86. The van der Waals surface area contributed by atoms with Gasteiger partial charge >= 0.3 is 0 Å². The molecule has 2 heteroatoms. The van der Waals surface area contributed by atoms with Crippen LogP contribution < -0.4 is 5.30 Å². The highest BCUT2D eigenvalue weighted by molar-refractivity contribution is 7.64. The van der Waals surface area contributed by atoms with Crippen molar-refractivity contribution in [1.82, 2.24) is 0 Å². The largest absolute Gasteiger partial charge is 0.378 e. The summed E-state index contributed by atoms with van der Waals surface area (Å²) in [6.07, 6.45) is 5.31. The van der Waals surface area contributed by atoms with Gasteiger partial charge in [0.2, 0.25) is 0 Å². The van der Waals surface area contributed by atoms with E-state index in [2.05, 4.69) is 60.7 Å². The van der Waals surface area contributed by atoms with Crippen LogP contribution in [-0.2, 0) is 10.9 Å². The Morgan fingerprint density at radius 2 is 1.65 bits per heavy atom. The van der Waals surface area contributed by atoms with Gasteiger partial charge in [0.05, 0.1) is 6.10 Å². The summed E-state index contributed by atoms with van der Waals surface area (Å²) in [7, 11) is -0.168. The van der Waals surface area contributed by atoms with Crippen LogP contribution >= 0.6 is 7.92 Å². The fraction of sp³-hybridized carbons (Fsp3) is 0.333. The molecule has 2 aromatic rings. The number of hydrogen-bond acceptors (Lipinski definition) is 1. The molecule has 3 rings (SSSR count). The molecular weight excluding hydrogens is 263 g/mol. The van der Waals surface area contributed by atoms with Gasteiger partial charge in [0.25, 0.3) is 0 Å². The number of ether oxygens (including phenoxy) is 1. The van der Waals surface area contributed by atoms with Gasteiger partial charge in [-0.3, -0.25) is 0 Å². The normalized spacial score (nSPS) is 19.9. The lowest BCUT2D eigenvalue weighted by molar-refractivity contribution is 0.128. The first-order valence-corrected chi connectivity index (χ1v) is 9.08. The Kier molecular flexibility index (Phi) is 4.84. The maximum Gasteiger partial charge on any atom is 0.0618 e. The molecule has 0 aromatic heterocycles. The van der Waals surface area contributed by atoms with Gasteiger partial charge in [-0.05, 0) is 36.0 Å². The molecular formula is C18H21OP. The zero-order chi connectivity index (χ0) is 13.6. The maximum atomic E-state index is 5.86. The SMILES string of the molecule is c1ccc(CP(CC2CCCO2)c2ccccc2)cc1. The fourth-order valence-corrected chi connectivity index (χ4v) is 5.29. The van der Waals surface area contributed by atoms with E-state index in [1.165, 1.54) is 36.0 Å². The second-order valence-corrected chi connectivity index (χ2v) is 7.61. The van der Waals surface area contributed by atoms with E-state index in [4.69, 9.17) is 4.74 Å². The van der Waals surface area contributed by atoms with E-state index in [1.807, 2.05) is 0 Å². The average molecular weight is 284 g/mol. The van der Waals surface area contributed by atoms with Crippen molar-refractivity contribution in [2.24, 2.45) is 0 Å². The molecule has 0 amide bonds. The lowest BCUT2D eigenvalue weighted by Crippen LogP contribution is -2.15. The van der Waals surface area contributed by atoms with Crippen LogP contribution in [0.2, 0.25) is 0 Å². The predicted octanol–water partition coefficient (Wildman–Crippen LogP) is 4.17. The van der Waals surface area contributed by atoms with Gasteiger partial charge in [-0.1, -0.05) is 68.6 Å². The van der Waals surface area contributed by atoms with Crippen molar-refractivity contribution in [1.29, 1.82) is 0 Å². The molecule has 0 N–H and O–H groups in total. The highest BCUT2D eigenvalue weighted by Crippen LogP contribution is 2.41. The minimum Gasteiger partial charge on any atom is -0.378 e. The van der Waals surface area contributed by atoms with E-state index in [0.29, 0.717) is 6.10 Å². The molecule has 0 aliphatic carbocycles. The van der Waals surface area contributed by atoms with Crippen LogP contribution in [0.15, 0.2) is 60.7 Å². The zero-order valence-corrected chi connectivity index (χ0v) is 12.6. The smallest absolute Gasteiger partial charge is 0.0618 e. The molecule has 2 aromatic carbocycles. The van der Waals surface area contributed by atoms with Crippen molar-refractivity contribution in [2.45, 2.75) is 25.1 Å². The molecule has 0 saturated carbocycles. The second kappa shape index (κ2) is 7.02. The Hall–Kier alpha value is -1.17. The van der Waals surface area contributed by atoms with E-state index in [0.717, 1.165) is 6.61 Å². The van der Waals surface area contributed by atoms with Crippen LogP contribution in [0.3, 0.4) is 0 Å². The molecule has 104 valence electrons. The Labute approximate surface area is 122 Å². The minimum atomic E-state index is -0.168. The van der Waals surface area contributed by atoms with Gasteiger partial charge in [0.1, 0.15) is 0 Å². The standard InChI is InChI=1S/C18H21OP/c1-3-8-16(9-4-1)14-20(15-17-10-7-13-19-17)18-11-5-2-6-12-18/h1-6,8-9,11-12,17H,7,10,13-15H2. The quantitative estimate of drug-likeness (QED) is 0.749. The first-order valence-electron chi connectivity index (χ1n) is 7.37. The number of rotatable bonds is 5. The third kappa shape index (κ3) is 3.69. The number of hydrogen-bond donors (Lipinski definition) is 0. The van der Waals surface area contributed by atoms with Crippen LogP contribution in [-0.4, -0.2) is 18.9 Å². The second-order valence-electron chi connectivity index (χ2n) is 5.34. The molecule has 1 heterocycles. The summed E-state index contributed by atoms with van der Waals surface area (Å²) in [5.74, 6) is 0. The molecule has 0 bridgehead atoms. The summed E-state index contributed by atoms with van der Waals surface area (Å²) in [4.78, 5) is 0. The van der Waals surface area contributed by atoms with Crippen molar-refractivity contribution >= 4 is 13.2 Å². The van der Waals surface area contributed by atoms with Crippen molar-refractivity contribution in [3.05, 3.63) is 66.2 Å². The molecule has 1 saturated heterocycles. The highest BCUT2D eigenvalue weighted by atomic mass is 31.1. The molecule has 1 fully saturated rings. The Bertz CT molecular complexity index is 505.